The Balaban J connectivity index is 1.61. The fourth-order valence-electron chi connectivity index (χ4n) is 3.26. The van der Waals surface area contributed by atoms with Crippen LogP contribution in [0.1, 0.15) is 18.9 Å². The van der Waals surface area contributed by atoms with Crippen LogP contribution in [0.2, 0.25) is 0 Å². The molecule has 0 aliphatic carbocycles. The SMILES string of the molecule is C[C@@H](OC(=O)Cc1ccc(-c2ccccc2)cc1)C(=O)N(CCC#N)c1ccccc1. The first-order valence-electron chi connectivity index (χ1n) is 10.2. The number of benzene rings is 3. The summed E-state index contributed by atoms with van der Waals surface area (Å²) in [7, 11) is 0. The summed E-state index contributed by atoms with van der Waals surface area (Å²) in [5, 5.41) is 8.91. The largest absolute Gasteiger partial charge is 0.452 e. The molecule has 0 bridgehead atoms. The Labute approximate surface area is 182 Å². The molecule has 0 aromatic heterocycles. The predicted octanol–water partition coefficient (Wildman–Crippen LogP) is 4.77. The van der Waals surface area contributed by atoms with E-state index in [-0.39, 0.29) is 25.3 Å². The van der Waals surface area contributed by atoms with E-state index in [1.165, 1.54) is 4.90 Å². The predicted molar refractivity (Wildman–Crippen MR) is 120 cm³/mol. The minimum Gasteiger partial charge on any atom is -0.452 e. The average molecular weight is 412 g/mol. The van der Waals surface area contributed by atoms with E-state index in [2.05, 4.69) is 0 Å². The second-order valence-corrected chi connectivity index (χ2v) is 7.11. The van der Waals surface area contributed by atoms with E-state index in [4.69, 9.17) is 10.00 Å². The Morgan fingerprint density at radius 1 is 0.903 bits per heavy atom. The van der Waals surface area contributed by atoms with Crippen LogP contribution in [0.4, 0.5) is 5.69 Å². The van der Waals surface area contributed by atoms with Gasteiger partial charge in [-0.05, 0) is 35.7 Å². The number of ether oxygens (including phenoxy) is 1. The van der Waals surface area contributed by atoms with Crippen molar-refractivity contribution in [2.24, 2.45) is 0 Å². The topological polar surface area (TPSA) is 70.4 Å². The number of para-hydroxylation sites is 1. The fourth-order valence-corrected chi connectivity index (χ4v) is 3.26. The minimum absolute atomic E-state index is 0.0796. The van der Waals surface area contributed by atoms with Crippen LogP contribution in [0.3, 0.4) is 0 Å². The molecule has 3 aromatic rings. The van der Waals surface area contributed by atoms with Crippen LogP contribution >= 0.6 is 0 Å². The van der Waals surface area contributed by atoms with E-state index < -0.39 is 12.1 Å². The Hall–Kier alpha value is -3.91. The highest BCUT2D eigenvalue weighted by Crippen LogP contribution is 2.20. The zero-order valence-corrected chi connectivity index (χ0v) is 17.4. The number of hydrogen-bond acceptors (Lipinski definition) is 4. The van der Waals surface area contributed by atoms with Crippen molar-refractivity contribution in [3.8, 4) is 17.2 Å². The molecule has 31 heavy (non-hydrogen) atoms. The van der Waals surface area contributed by atoms with Gasteiger partial charge in [0.15, 0.2) is 6.10 Å². The summed E-state index contributed by atoms with van der Waals surface area (Å²) in [6, 6.07) is 28.8. The molecular weight excluding hydrogens is 388 g/mol. The molecule has 5 heteroatoms. The highest BCUT2D eigenvalue weighted by molar-refractivity contribution is 5.97. The molecule has 0 spiro atoms. The Morgan fingerprint density at radius 2 is 1.48 bits per heavy atom. The lowest BCUT2D eigenvalue weighted by molar-refractivity contribution is -0.153. The molecule has 3 aromatic carbocycles. The lowest BCUT2D eigenvalue weighted by atomic mass is 10.0. The van der Waals surface area contributed by atoms with Crippen LogP contribution in [0.5, 0.6) is 0 Å². The number of nitriles is 1. The van der Waals surface area contributed by atoms with Crippen LogP contribution in [0.25, 0.3) is 11.1 Å². The maximum atomic E-state index is 12.9. The van der Waals surface area contributed by atoms with Crippen LogP contribution in [-0.2, 0) is 20.7 Å². The van der Waals surface area contributed by atoms with Crippen molar-refractivity contribution in [1.82, 2.24) is 0 Å². The van der Waals surface area contributed by atoms with Gasteiger partial charge in [0.1, 0.15) is 0 Å². The molecular formula is C26H24N2O3. The van der Waals surface area contributed by atoms with E-state index in [0.717, 1.165) is 16.7 Å². The van der Waals surface area contributed by atoms with Gasteiger partial charge in [-0.2, -0.15) is 5.26 Å². The number of esters is 1. The fraction of sp³-hybridized carbons (Fsp3) is 0.192. The molecule has 0 heterocycles. The van der Waals surface area contributed by atoms with Gasteiger partial charge in [-0.15, -0.1) is 0 Å². The van der Waals surface area contributed by atoms with Gasteiger partial charge in [0.05, 0.1) is 18.9 Å². The molecule has 0 N–H and O–H groups in total. The standard InChI is InChI=1S/C26H24N2O3/c1-20(26(30)28(18-8-17-27)24-11-6-3-7-12-24)31-25(29)19-21-13-15-23(16-14-21)22-9-4-2-5-10-22/h2-7,9-16,20H,8,18-19H2,1H3/t20-/m1/s1. The first kappa shape index (κ1) is 21.8. The Kier molecular flexibility index (Phi) is 7.56. The summed E-state index contributed by atoms with van der Waals surface area (Å²) in [4.78, 5) is 26.8. The summed E-state index contributed by atoms with van der Waals surface area (Å²) in [6.45, 7) is 1.79. The number of nitrogens with zero attached hydrogens (tertiary/aromatic N) is 2. The van der Waals surface area contributed by atoms with Gasteiger partial charge < -0.3 is 9.64 Å². The van der Waals surface area contributed by atoms with Crippen molar-refractivity contribution in [1.29, 1.82) is 5.26 Å². The minimum atomic E-state index is -0.949. The first-order valence-corrected chi connectivity index (χ1v) is 10.2. The normalized spacial score (nSPS) is 11.2. The second-order valence-electron chi connectivity index (χ2n) is 7.11. The highest BCUT2D eigenvalue weighted by atomic mass is 16.5. The highest BCUT2D eigenvalue weighted by Gasteiger charge is 2.25. The maximum absolute atomic E-state index is 12.9. The van der Waals surface area contributed by atoms with E-state index in [1.807, 2.05) is 78.9 Å². The van der Waals surface area contributed by atoms with Crippen molar-refractivity contribution in [2.75, 3.05) is 11.4 Å². The monoisotopic (exact) mass is 412 g/mol. The van der Waals surface area contributed by atoms with Gasteiger partial charge in [0.25, 0.3) is 5.91 Å². The van der Waals surface area contributed by atoms with E-state index in [9.17, 15) is 9.59 Å². The number of rotatable bonds is 8. The summed E-state index contributed by atoms with van der Waals surface area (Å²) in [5.41, 5.74) is 3.65. The quantitative estimate of drug-likeness (QED) is 0.500. The van der Waals surface area contributed by atoms with E-state index in [0.29, 0.717) is 5.69 Å². The molecule has 0 saturated heterocycles. The molecule has 0 aliphatic heterocycles. The van der Waals surface area contributed by atoms with Gasteiger partial charge in [-0.1, -0.05) is 72.8 Å². The van der Waals surface area contributed by atoms with Crippen molar-refractivity contribution in [3.05, 3.63) is 90.5 Å². The molecule has 156 valence electrons. The lowest BCUT2D eigenvalue weighted by Crippen LogP contribution is -2.40. The summed E-state index contributed by atoms with van der Waals surface area (Å²) < 4.78 is 5.40. The number of amides is 1. The third-order valence-electron chi connectivity index (χ3n) is 4.85. The van der Waals surface area contributed by atoms with Gasteiger partial charge in [0.2, 0.25) is 0 Å². The molecule has 3 rings (SSSR count). The number of carbonyl (C=O) groups is 2. The summed E-state index contributed by atoms with van der Waals surface area (Å²) >= 11 is 0. The molecule has 0 radical (unpaired) electrons. The van der Waals surface area contributed by atoms with E-state index in [1.54, 1.807) is 19.1 Å². The first-order chi connectivity index (χ1) is 15.1. The molecule has 0 aliphatic rings. The van der Waals surface area contributed by atoms with E-state index >= 15 is 0 Å². The zero-order chi connectivity index (χ0) is 22.1. The summed E-state index contributed by atoms with van der Waals surface area (Å²) in [6.07, 6.45) is -0.680. The Bertz CT molecular complexity index is 1040. The van der Waals surface area contributed by atoms with Crippen molar-refractivity contribution < 1.29 is 14.3 Å². The van der Waals surface area contributed by atoms with Gasteiger partial charge >= 0.3 is 5.97 Å². The molecule has 5 nitrogen and oxygen atoms in total. The van der Waals surface area contributed by atoms with Crippen LogP contribution in [0.15, 0.2) is 84.9 Å². The summed E-state index contributed by atoms with van der Waals surface area (Å²) in [5.74, 6) is -0.823. The van der Waals surface area contributed by atoms with Gasteiger partial charge in [0, 0.05) is 12.2 Å². The third kappa shape index (κ3) is 6.03. The lowest BCUT2D eigenvalue weighted by Gasteiger charge is -2.25. The number of anilines is 1. The average Bonchev–Trinajstić information content (AvgIpc) is 2.81. The van der Waals surface area contributed by atoms with Crippen molar-refractivity contribution in [2.45, 2.75) is 25.9 Å². The molecule has 0 unspecified atom stereocenters. The van der Waals surface area contributed by atoms with Crippen molar-refractivity contribution in [3.63, 3.8) is 0 Å². The number of carbonyl (C=O) groups excluding carboxylic acids is 2. The smallest absolute Gasteiger partial charge is 0.311 e. The van der Waals surface area contributed by atoms with Crippen LogP contribution in [0, 0.1) is 11.3 Å². The van der Waals surface area contributed by atoms with Crippen molar-refractivity contribution >= 4 is 17.6 Å². The van der Waals surface area contributed by atoms with Gasteiger partial charge in [-0.3, -0.25) is 9.59 Å². The van der Waals surface area contributed by atoms with Gasteiger partial charge in [-0.25, -0.2) is 0 Å². The van der Waals surface area contributed by atoms with Crippen LogP contribution < -0.4 is 4.90 Å². The van der Waals surface area contributed by atoms with Crippen LogP contribution in [-0.4, -0.2) is 24.5 Å². The number of hydrogen-bond donors (Lipinski definition) is 0. The third-order valence-corrected chi connectivity index (χ3v) is 4.85. The Morgan fingerprint density at radius 3 is 2.10 bits per heavy atom. The molecule has 1 atom stereocenters. The maximum Gasteiger partial charge on any atom is 0.311 e. The molecule has 1 amide bonds. The molecule has 0 saturated carbocycles. The second kappa shape index (κ2) is 10.7. The zero-order valence-electron chi connectivity index (χ0n) is 17.4. The molecule has 0 fully saturated rings.